The maximum Gasteiger partial charge on any atom is 0.220 e. The molecule has 22 heavy (non-hydrogen) atoms. The van der Waals surface area contributed by atoms with Gasteiger partial charge in [0.1, 0.15) is 5.82 Å². The molecule has 2 nitrogen and oxygen atoms in total. The first-order valence-electron chi connectivity index (χ1n) is 8.30. The van der Waals surface area contributed by atoms with E-state index in [0.29, 0.717) is 24.6 Å². The third kappa shape index (κ3) is 4.03. The van der Waals surface area contributed by atoms with Gasteiger partial charge in [0.05, 0.1) is 0 Å². The third-order valence-electron chi connectivity index (χ3n) is 5.12. The maximum atomic E-state index is 13.4. The molecule has 0 radical (unpaired) electrons. The molecule has 2 aliphatic rings. The van der Waals surface area contributed by atoms with E-state index in [1.54, 1.807) is 17.8 Å². The van der Waals surface area contributed by atoms with Crippen LogP contribution in [0.2, 0.25) is 0 Å². The Balaban J connectivity index is 1.29. The van der Waals surface area contributed by atoms with E-state index in [-0.39, 0.29) is 11.7 Å². The molecule has 2 aliphatic carbocycles. The van der Waals surface area contributed by atoms with E-state index in [2.05, 4.69) is 5.32 Å². The highest BCUT2D eigenvalue weighted by molar-refractivity contribution is 7.98. The van der Waals surface area contributed by atoms with Gasteiger partial charge in [-0.05, 0) is 48.6 Å². The van der Waals surface area contributed by atoms with Crippen molar-refractivity contribution in [2.45, 2.75) is 37.9 Å². The SMILES string of the molecule is O=C(CC1CC2CCC1C2)NCCSCc1ccccc1F. The number of carbonyl (C=O) groups is 1. The van der Waals surface area contributed by atoms with Crippen molar-refractivity contribution < 1.29 is 9.18 Å². The van der Waals surface area contributed by atoms with Crippen LogP contribution in [0.4, 0.5) is 4.39 Å². The van der Waals surface area contributed by atoms with Crippen LogP contribution in [0.5, 0.6) is 0 Å². The quantitative estimate of drug-likeness (QED) is 0.769. The van der Waals surface area contributed by atoms with Gasteiger partial charge in [0.15, 0.2) is 0 Å². The molecule has 0 aliphatic heterocycles. The highest BCUT2D eigenvalue weighted by atomic mass is 32.2. The molecule has 0 aromatic heterocycles. The Hall–Kier alpha value is -1.03. The predicted octanol–water partition coefficient (Wildman–Crippen LogP) is 4.00. The number of rotatable bonds is 7. The highest BCUT2D eigenvalue weighted by Crippen LogP contribution is 2.49. The number of fused-ring (bicyclic) bond motifs is 2. The van der Waals surface area contributed by atoms with Crippen molar-refractivity contribution in [2.75, 3.05) is 12.3 Å². The first-order valence-corrected chi connectivity index (χ1v) is 9.45. The number of hydrogen-bond acceptors (Lipinski definition) is 2. The van der Waals surface area contributed by atoms with Gasteiger partial charge >= 0.3 is 0 Å². The fourth-order valence-corrected chi connectivity index (χ4v) is 4.84. The monoisotopic (exact) mass is 321 g/mol. The average molecular weight is 321 g/mol. The number of benzene rings is 1. The number of nitrogens with one attached hydrogen (secondary N) is 1. The van der Waals surface area contributed by atoms with Gasteiger partial charge in [-0.1, -0.05) is 24.6 Å². The fraction of sp³-hybridized carbons (Fsp3) is 0.611. The van der Waals surface area contributed by atoms with Gasteiger partial charge in [-0.3, -0.25) is 4.79 Å². The largest absolute Gasteiger partial charge is 0.355 e. The minimum absolute atomic E-state index is 0.143. The molecule has 3 atom stereocenters. The van der Waals surface area contributed by atoms with Gasteiger partial charge in [0, 0.05) is 24.5 Å². The van der Waals surface area contributed by atoms with Crippen molar-refractivity contribution >= 4 is 17.7 Å². The molecule has 0 saturated heterocycles. The molecule has 0 heterocycles. The van der Waals surface area contributed by atoms with Crippen LogP contribution < -0.4 is 5.32 Å². The minimum Gasteiger partial charge on any atom is -0.355 e. The molecular formula is C18H24FNOS. The molecule has 1 aromatic carbocycles. The minimum atomic E-state index is -0.143. The molecule has 3 rings (SSSR count). The molecule has 2 bridgehead atoms. The van der Waals surface area contributed by atoms with Crippen molar-refractivity contribution in [3.05, 3.63) is 35.6 Å². The van der Waals surface area contributed by atoms with Gasteiger partial charge in [0.25, 0.3) is 0 Å². The Kier molecular flexibility index (Phi) is 5.40. The van der Waals surface area contributed by atoms with E-state index in [1.807, 2.05) is 12.1 Å². The standard InChI is InChI=1S/C18H24FNOS/c19-17-4-2-1-3-15(17)12-22-8-7-20-18(21)11-16-10-13-5-6-14(16)9-13/h1-4,13-14,16H,5-12H2,(H,20,21). The summed E-state index contributed by atoms with van der Waals surface area (Å²) in [6.45, 7) is 0.679. The van der Waals surface area contributed by atoms with Crippen LogP contribution in [0, 0.1) is 23.6 Å². The molecule has 4 heteroatoms. The van der Waals surface area contributed by atoms with Gasteiger partial charge in [-0.15, -0.1) is 0 Å². The second-order valence-corrected chi connectivity index (χ2v) is 7.74. The summed E-state index contributed by atoms with van der Waals surface area (Å²) in [4.78, 5) is 12.0. The second-order valence-electron chi connectivity index (χ2n) is 6.63. The van der Waals surface area contributed by atoms with Crippen LogP contribution in [0.25, 0.3) is 0 Å². The summed E-state index contributed by atoms with van der Waals surface area (Å²) in [5.74, 6) is 3.89. The number of hydrogen-bond donors (Lipinski definition) is 1. The van der Waals surface area contributed by atoms with Gasteiger partial charge < -0.3 is 5.32 Å². The Labute approximate surface area is 136 Å². The zero-order valence-electron chi connectivity index (χ0n) is 12.9. The van der Waals surface area contributed by atoms with Crippen LogP contribution in [0.3, 0.4) is 0 Å². The molecule has 2 fully saturated rings. The van der Waals surface area contributed by atoms with Crippen LogP contribution in [0.15, 0.2) is 24.3 Å². The van der Waals surface area contributed by atoms with E-state index in [1.165, 1.54) is 31.7 Å². The van der Waals surface area contributed by atoms with Crippen molar-refractivity contribution in [1.82, 2.24) is 5.32 Å². The Morgan fingerprint density at radius 2 is 2.14 bits per heavy atom. The van der Waals surface area contributed by atoms with E-state index < -0.39 is 0 Å². The van der Waals surface area contributed by atoms with Gasteiger partial charge in [-0.25, -0.2) is 4.39 Å². The lowest BCUT2D eigenvalue weighted by Crippen LogP contribution is -2.29. The summed E-state index contributed by atoms with van der Waals surface area (Å²) in [6, 6.07) is 6.87. The van der Waals surface area contributed by atoms with Crippen molar-refractivity contribution in [3.8, 4) is 0 Å². The number of carbonyl (C=O) groups excluding carboxylic acids is 1. The first-order chi connectivity index (χ1) is 10.7. The molecule has 0 spiro atoms. The number of halogens is 1. The van der Waals surface area contributed by atoms with Crippen LogP contribution in [-0.4, -0.2) is 18.2 Å². The Morgan fingerprint density at radius 3 is 2.86 bits per heavy atom. The lowest BCUT2D eigenvalue weighted by Gasteiger charge is -2.20. The summed E-state index contributed by atoms with van der Waals surface area (Å²) in [5, 5.41) is 3.02. The summed E-state index contributed by atoms with van der Waals surface area (Å²) in [7, 11) is 0. The lowest BCUT2D eigenvalue weighted by atomic mass is 9.86. The maximum absolute atomic E-state index is 13.4. The zero-order chi connectivity index (χ0) is 15.4. The van der Waals surface area contributed by atoms with E-state index >= 15 is 0 Å². The molecule has 1 N–H and O–H groups in total. The van der Waals surface area contributed by atoms with Crippen molar-refractivity contribution in [1.29, 1.82) is 0 Å². The van der Waals surface area contributed by atoms with Gasteiger partial charge in [0.2, 0.25) is 5.91 Å². The number of amides is 1. The molecular weight excluding hydrogens is 297 g/mol. The van der Waals surface area contributed by atoms with Crippen LogP contribution in [0.1, 0.15) is 37.7 Å². The Morgan fingerprint density at radius 1 is 1.27 bits per heavy atom. The van der Waals surface area contributed by atoms with E-state index in [0.717, 1.165) is 23.2 Å². The topological polar surface area (TPSA) is 29.1 Å². The van der Waals surface area contributed by atoms with E-state index in [4.69, 9.17) is 0 Å². The molecule has 2 saturated carbocycles. The molecule has 1 amide bonds. The number of thioether (sulfide) groups is 1. The average Bonchev–Trinajstić information content (AvgIpc) is 3.11. The van der Waals surface area contributed by atoms with Crippen molar-refractivity contribution in [3.63, 3.8) is 0 Å². The Bertz CT molecular complexity index is 522. The summed E-state index contributed by atoms with van der Waals surface area (Å²) < 4.78 is 13.4. The van der Waals surface area contributed by atoms with Crippen LogP contribution in [-0.2, 0) is 10.5 Å². The fourth-order valence-electron chi connectivity index (χ4n) is 4.00. The smallest absolute Gasteiger partial charge is 0.220 e. The molecule has 3 unspecified atom stereocenters. The highest BCUT2D eigenvalue weighted by Gasteiger charge is 2.39. The molecule has 1 aromatic rings. The summed E-state index contributed by atoms with van der Waals surface area (Å²) in [6.07, 6.45) is 6.05. The van der Waals surface area contributed by atoms with E-state index in [9.17, 15) is 9.18 Å². The third-order valence-corrected chi connectivity index (χ3v) is 6.12. The normalized spacial score (nSPS) is 26.3. The second kappa shape index (κ2) is 7.49. The summed E-state index contributed by atoms with van der Waals surface area (Å²) in [5.41, 5.74) is 0.737. The zero-order valence-corrected chi connectivity index (χ0v) is 13.7. The predicted molar refractivity (Wildman–Crippen MR) is 89.1 cm³/mol. The molecule has 120 valence electrons. The summed E-state index contributed by atoms with van der Waals surface area (Å²) >= 11 is 1.66. The lowest BCUT2D eigenvalue weighted by molar-refractivity contribution is -0.122. The van der Waals surface area contributed by atoms with Crippen molar-refractivity contribution in [2.24, 2.45) is 17.8 Å². The van der Waals surface area contributed by atoms with Gasteiger partial charge in [-0.2, -0.15) is 11.8 Å². The first kappa shape index (κ1) is 15.9. The van der Waals surface area contributed by atoms with Crippen LogP contribution >= 0.6 is 11.8 Å².